The van der Waals surface area contributed by atoms with E-state index in [4.69, 9.17) is 14.2 Å². The van der Waals surface area contributed by atoms with E-state index in [-0.39, 0.29) is 37.5 Å². The highest BCUT2D eigenvalue weighted by Crippen LogP contribution is 2.17. The van der Waals surface area contributed by atoms with Gasteiger partial charge in [-0.25, -0.2) is 0 Å². The van der Waals surface area contributed by atoms with Gasteiger partial charge < -0.3 is 14.2 Å². The van der Waals surface area contributed by atoms with Gasteiger partial charge in [-0.2, -0.15) is 0 Å². The lowest BCUT2D eigenvalue weighted by molar-refractivity contribution is -0.167. The van der Waals surface area contributed by atoms with Gasteiger partial charge in [0.05, 0.1) is 0 Å². The van der Waals surface area contributed by atoms with Crippen LogP contribution in [0.25, 0.3) is 0 Å². The maximum Gasteiger partial charge on any atom is 0.306 e. The van der Waals surface area contributed by atoms with E-state index in [0.717, 1.165) is 77.0 Å². The van der Waals surface area contributed by atoms with Gasteiger partial charge >= 0.3 is 17.9 Å². The van der Waals surface area contributed by atoms with E-state index in [9.17, 15) is 14.4 Å². The van der Waals surface area contributed by atoms with Gasteiger partial charge in [0.1, 0.15) is 13.2 Å². The summed E-state index contributed by atoms with van der Waals surface area (Å²) in [7, 11) is 0. The Morgan fingerprint density at radius 1 is 0.273 bits per heavy atom. The van der Waals surface area contributed by atoms with Crippen molar-refractivity contribution in [2.45, 2.75) is 348 Å². The standard InChI is InChI=1S/C71H126O6/c1-4-7-10-13-16-19-22-25-27-29-30-31-32-33-34-35-36-37-38-39-40-42-43-46-49-52-55-58-61-64-70(73)76-67-68(66-75-69(72)63-60-57-54-51-48-45-24-21-18-15-12-9-6-3)77-71(74)65-62-59-56-53-50-47-44-41-28-26-23-20-17-14-11-8-5-2/h8,11,17,20,26,28-30,44,47,53,56,68H,4-7,9-10,12-16,18-19,21-25,27,31-43,45-46,48-52,54-55,57-67H2,1-3H3/b11-8-,20-17-,28-26-,30-29-,47-44-,56-53-. The van der Waals surface area contributed by atoms with Crippen LogP contribution < -0.4 is 0 Å². The van der Waals surface area contributed by atoms with Crippen molar-refractivity contribution in [3.8, 4) is 0 Å². The summed E-state index contributed by atoms with van der Waals surface area (Å²) in [6.07, 6.45) is 85.1. The third-order valence-corrected chi connectivity index (χ3v) is 14.7. The number of unbranched alkanes of at least 4 members (excludes halogenated alkanes) is 38. The third-order valence-electron chi connectivity index (χ3n) is 14.7. The van der Waals surface area contributed by atoms with Crippen LogP contribution in [0.3, 0.4) is 0 Å². The minimum atomic E-state index is -0.803. The predicted molar refractivity (Wildman–Crippen MR) is 335 cm³/mol. The fraction of sp³-hybridized carbons (Fsp3) is 0.789. The van der Waals surface area contributed by atoms with Crippen molar-refractivity contribution in [2.75, 3.05) is 13.2 Å². The normalized spacial score (nSPS) is 12.5. The van der Waals surface area contributed by atoms with E-state index in [2.05, 4.69) is 93.7 Å². The molecule has 0 saturated heterocycles. The second-order valence-electron chi connectivity index (χ2n) is 22.4. The lowest BCUT2D eigenvalue weighted by Crippen LogP contribution is -2.30. The van der Waals surface area contributed by atoms with Crippen LogP contribution in [0, 0.1) is 0 Å². The van der Waals surface area contributed by atoms with Gasteiger partial charge in [0.25, 0.3) is 0 Å². The maximum absolute atomic E-state index is 12.9. The molecule has 1 unspecified atom stereocenters. The number of carbonyl (C=O) groups excluding carboxylic acids is 3. The third kappa shape index (κ3) is 63.6. The summed E-state index contributed by atoms with van der Waals surface area (Å²) in [5.41, 5.74) is 0. The average Bonchev–Trinajstić information content (AvgIpc) is 3.43. The molecule has 0 N–H and O–H groups in total. The molecule has 446 valence electrons. The predicted octanol–water partition coefficient (Wildman–Crippen LogP) is 22.9. The fourth-order valence-electron chi connectivity index (χ4n) is 9.71. The Kier molecular flexibility index (Phi) is 62.7. The monoisotopic (exact) mass is 1070 g/mol. The summed E-state index contributed by atoms with van der Waals surface area (Å²) in [5.74, 6) is -0.936. The Labute approximate surface area is 478 Å². The summed E-state index contributed by atoms with van der Waals surface area (Å²) < 4.78 is 16.9. The van der Waals surface area contributed by atoms with Crippen molar-refractivity contribution >= 4 is 17.9 Å². The van der Waals surface area contributed by atoms with Gasteiger partial charge in [-0.05, 0) is 83.5 Å². The van der Waals surface area contributed by atoms with Crippen molar-refractivity contribution in [2.24, 2.45) is 0 Å². The highest BCUT2D eigenvalue weighted by molar-refractivity contribution is 5.71. The van der Waals surface area contributed by atoms with Crippen LogP contribution >= 0.6 is 0 Å². The first-order valence-corrected chi connectivity index (χ1v) is 33.4. The molecule has 0 aliphatic heterocycles. The smallest absolute Gasteiger partial charge is 0.306 e. The average molecular weight is 1080 g/mol. The molecule has 0 aliphatic carbocycles. The maximum atomic E-state index is 12.9. The SMILES string of the molecule is CC/C=C\C/C=C\C/C=C\C/C=C\C/C=C\CCCC(=O)OC(COC(=O)CCCCCCCCCCCCCCC)COC(=O)CCCCCCCCCCCCCCCCCCC/C=C\CCCCCCCCCC. The number of hydrogen-bond acceptors (Lipinski definition) is 6. The quantitative estimate of drug-likeness (QED) is 0.0261. The van der Waals surface area contributed by atoms with Crippen molar-refractivity contribution in [1.29, 1.82) is 0 Å². The zero-order valence-corrected chi connectivity index (χ0v) is 51.2. The zero-order chi connectivity index (χ0) is 55.7. The van der Waals surface area contributed by atoms with Crippen LogP contribution in [-0.2, 0) is 28.6 Å². The first kappa shape index (κ1) is 73.8. The highest BCUT2D eigenvalue weighted by atomic mass is 16.6. The van der Waals surface area contributed by atoms with Crippen LogP contribution in [0.4, 0.5) is 0 Å². The molecule has 0 bridgehead atoms. The van der Waals surface area contributed by atoms with Gasteiger partial charge in [-0.1, -0.05) is 312 Å². The van der Waals surface area contributed by atoms with E-state index in [1.807, 2.05) is 0 Å². The molecule has 0 radical (unpaired) electrons. The topological polar surface area (TPSA) is 78.9 Å². The number of carbonyl (C=O) groups is 3. The Morgan fingerprint density at radius 3 is 0.844 bits per heavy atom. The second-order valence-corrected chi connectivity index (χ2v) is 22.4. The van der Waals surface area contributed by atoms with Gasteiger partial charge in [0, 0.05) is 19.3 Å². The lowest BCUT2D eigenvalue weighted by atomic mass is 10.0. The van der Waals surface area contributed by atoms with Crippen LogP contribution in [-0.4, -0.2) is 37.2 Å². The van der Waals surface area contributed by atoms with Crippen LogP contribution in [0.5, 0.6) is 0 Å². The molecule has 0 saturated carbocycles. The largest absolute Gasteiger partial charge is 0.462 e. The number of ether oxygens (including phenoxy) is 3. The second kappa shape index (κ2) is 65.4. The van der Waals surface area contributed by atoms with Crippen LogP contribution in [0.1, 0.15) is 342 Å². The Hall–Kier alpha value is -3.15. The molecule has 0 spiro atoms. The molecule has 77 heavy (non-hydrogen) atoms. The Balaban J connectivity index is 4.24. The van der Waals surface area contributed by atoms with E-state index in [1.165, 1.54) is 218 Å². The summed E-state index contributed by atoms with van der Waals surface area (Å²) in [5, 5.41) is 0. The van der Waals surface area contributed by atoms with Crippen molar-refractivity contribution in [3.63, 3.8) is 0 Å². The van der Waals surface area contributed by atoms with E-state index in [1.54, 1.807) is 0 Å². The van der Waals surface area contributed by atoms with Crippen molar-refractivity contribution in [1.82, 2.24) is 0 Å². The molecule has 0 aromatic heterocycles. The molecule has 0 aromatic rings. The summed E-state index contributed by atoms with van der Waals surface area (Å²) in [4.78, 5) is 38.3. The molecule has 6 nitrogen and oxygen atoms in total. The molecule has 0 heterocycles. The van der Waals surface area contributed by atoms with Gasteiger partial charge in [0.2, 0.25) is 0 Å². The fourth-order valence-corrected chi connectivity index (χ4v) is 9.71. The number of esters is 3. The Morgan fingerprint density at radius 2 is 0.519 bits per heavy atom. The number of hydrogen-bond donors (Lipinski definition) is 0. The minimum Gasteiger partial charge on any atom is -0.462 e. The minimum absolute atomic E-state index is 0.0941. The molecule has 0 rings (SSSR count). The molecule has 0 aliphatic rings. The molecular weight excluding hydrogens is 949 g/mol. The molecule has 1 atom stereocenters. The van der Waals surface area contributed by atoms with Crippen molar-refractivity contribution in [3.05, 3.63) is 72.9 Å². The summed E-state index contributed by atoms with van der Waals surface area (Å²) in [6.45, 7) is 6.52. The summed E-state index contributed by atoms with van der Waals surface area (Å²) >= 11 is 0. The van der Waals surface area contributed by atoms with E-state index in [0.29, 0.717) is 19.3 Å². The van der Waals surface area contributed by atoms with Gasteiger partial charge in [-0.15, -0.1) is 0 Å². The molecule has 0 aromatic carbocycles. The number of allylic oxidation sites excluding steroid dienone is 12. The lowest BCUT2D eigenvalue weighted by Gasteiger charge is -2.18. The molecule has 0 amide bonds. The Bertz CT molecular complexity index is 1420. The van der Waals surface area contributed by atoms with Crippen LogP contribution in [0.15, 0.2) is 72.9 Å². The first-order chi connectivity index (χ1) is 38.0. The summed E-state index contributed by atoms with van der Waals surface area (Å²) in [6, 6.07) is 0. The van der Waals surface area contributed by atoms with Gasteiger partial charge in [0.15, 0.2) is 6.10 Å². The van der Waals surface area contributed by atoms with Crippen molar-refractivity contribution < 1.29 is 28.6 Å². The van der Waals surface area contributed by atoms with Gasteiger partial charge in [-0.3, -0.25) is 14.4 Å². The van der Waals surface area contributed by atoms with E-state index < -0.39 is 6.10 Å². The van der Waals surface area contributed by atoms with E-state index >= 15 is 0 Å². The number of rotatable bonds is 61. The molecule has 0 fully saturated rings. The highest BCUT2D eigenvalue weighted by Gasteiger charge is 2.19. The molecular formula is C71H126O6. The molecule has 6 heteroatoms. The van der Waals surface area contributed by atoms with Crippen LogP contribution in [0.2, 0.25) is 0 Å². The first-order valence-electron chi connectivity index (χ1n) is 33.4. The zero-order valence-electron chi connectivity index (χ0n) is 51.2.